The first kappa shape index (κ1) is 19.8. The molecule has 10 nitrogen and oxygen atoms in total. The average molecular weight is 450 g/mol. The molecule has 3 aromatic rings. The Morgan fingerprint density at radius 3 is 2.32 bits per heavy atom. The number of carbonyl (C=O) groups excluding carboxylic acids is 1. The summed E-state index contributed by atoms with van der Waals surface area (Å²) in [5, 5.41) is 24.8. The van der Waals surface area contributed by atoms with Crippen LogP contribution in [0.3, 0.4) is 0 Å². The molecule has 0 aliphatic carbocycles. The summed E-state index contributed by atoms with van der Waals surface area (Å²) < 4.78 is 5.68. The number of nitrogens with one attached hydrogen (secondary N) is 1. The summed E-state index contributed by atoms with van der Waals surface area (Å²) in [6, 6.07) is 1.34. The number of hydrogen-bond acceptors (Lipinski definition) is 5. The number of amides is 1. The lowest BCUT2D eigenvalue weighted by Gasteiger charge is -2.09. The van der Waals surface area contributed by atoms with Crippen molar-refractivity contribution in [1.29, 1.82) is 0 Å². The second kappa shape index (κ2) is 7.58. The second-order valence-corrected chi connectivity index (χ2v) is 7.19. The van der Waals surface area contributed by atoms with E-state index in [1.165, 1.54) is 12.3 Å². The Morgan fingerprint density at radius 1 is 1.07 bits per heavy atom. The average Bonchev–Trinajstić information content (AvgIpc) is 3.26. The monoisotopic (exact) mass is 449 g/mol. The van der Waals surface area contributed by atoms with Crippen LogP contribution in [0.25, 0.3) is 0 Å². The van der Waals surface area contributed by atoms with E-state index in [1.54, 1.807) is 11.6 Å². The Hall–Kier alpha value is -2.95. The number of carboxylic acid groups (broad SMARTS) is 1. The number of aromatic nitrogens is 6. The molecule has 0 aliphatic rings. The van der Waals surface area contributed by atoms with Gasteiger partial charge in [-0.05, 0) is 49.7 Å². The van der Waals surface area contributed by atoms with Gasteiger partial charge in [0.15, 0.2) is 0 Å². The lowest BCUT2D eigenvalue weighted by molar-refractivity contribution is -0.116. The van der Waals surface area contributed by atoms with Crippen LogP contribution in [0.4, 0.5) is 5.69 Å². The summed E-state index contributed by atoms with van der Waals surface area (Å²) in [7, 11) is 0. The van der Waals surface area contributed by atoms with Gasteiger partial charge in [-0.3, -0.25) is 4.79 Å². The van der Waals surface area contributed by atoms with E-state index in [4.69, 9.17) is 5.11 Å². The van der Waals surface area contributed by atoms with E-state index in [0.29, 0.717) is 18.1 Å². The lowest BCUT2D eigenvalue weighted by Crippen LogP contribution is -2.22. The Morgan fingerprint density at radius 2 is 1.71 bits per heavy atom. The van der Waals surface area contributed by atoms with E-state index in [-0.39, 0.29) is 18.1 Å². The number of nitrogens with zero attached hydrogens (tertiary/aromatic N) is 6. The first-order valence-corrected chi connectivity index (χ1v) is 9.26. The van der Waals surface area contributed by atoms with E-state index in [2.05, 4.69) is 36.5 Å². The maximum absolute atomic E-state index is 12.4. The molecule has 11 heteroatoms. The highest BCUT2D eigenvalue weighted by atomic mass is 79.9. The molecule has 0 saturated heterocycles. The van der Waals surface area contributed by atoms with Crippen molar-refractivity contribution in [2.45, 2.75) is 40.9 Å². The summed E-state index contributed by atoms with van der Waals surface area (Å²) in [6.45, 7) is 7.73. The molecule has 3 aromatic heterocycles. The van der Waals surface area contributed by atoms with Crippen LogP contribution < -0.4 is 5.32 Å². The highest BCUT2D eigenvalue weighted by molar-refractivity contribution is 9.10. The molecule has 0 aliphatic heterocycles. The number of anilines is 1. The van der Waals surface area contributed by atoms with Crippen LogP contribution in [0.5, 0.6) is 0 Å². The predicted molar refractivity (Wildman–Crippen MR) is 104 cm³/mol. The normalized spacial score (nSPS) is 11.0. The van der Waals surface area contributed by atoms with Crippen LogP contribution in [0.15, 0.2) is 16.7 Å². The molecule has 0 spiro atoms. The SMILES string of the molecule is Cc1nn(Cn2nc(C)c(NC(=O)Cn3nccc3C(=O)O)c2C)c(C)c1Br. The molecule has 148 valence electrons. The fourth-order valence-electron chi connectivity index (χ4n) is 2.91. The van der Waals surface area contributed by atoms with Crippen LogP contribution in [-0.2, 0) is 18.0 Å². The van der Waals surface area contributed by atoms with Gasteiger partial charge >= 0.3 is 5.97 Å². The first-order valence-electron chi connectivity index (χ1n) is 8.47. The smallest absolute Gasteiger partial charge is 0.354 e. The van der Waals surface area contributed by atoms with Gasteiger partial charge in [0.25, 0.3) is 0 Å². The number of halogens is 1. The second-order valence-electron chi connectivity index (χ2n) is 6.40. The van der Waals surface area contributed by atoms with E-state index in [9.17, 15) is 9.59 Å². The largest absolute Gasteiger partial charge is 0.477 e. The summed E-state index contributed by atoms with van der Waals surface area (Å²) in [5.74, 6) is -1.52. The number of aromatic carboxylic acids is 1. The molecule has 3 rings (SSSR count). The highest BCUT2D eigenvalue weighted by Crippen LogP contribution is 2.22. The standard InChI is InChI=1S/C17H20BrN7O3/c1-9-15(18)11(3)24(21-9)8-25-12(4)16(10(2)22-25)20-14(26)7-23-13(17(27)28)5-6-19-23/h5-6H,7-8H2,1-4H3,(H,20,26)(H,27,28). The Kier molecular flexibility index (Phi) is 5.36. The fourth-order valence-corrected chi connectivity index (χ4v) is 3.19. The molecule has 2 N–H and O–H groups in total. The Labute approximate surface area is 169 Å². The third kappa shape index (κ3) is 3.70. The summed E-state index contributed by atoms with van der Waals surface area (Å²) in [4.78, 5) is 23.5. The van der Waals surface area contributed by atoms with Crippen LogP contribution in [0, 0.1) is 27.7 Å². The van der Waals surface area contributed by atoms with Crippen LogP contribution in [0.2, 0.25) is 0 Å². The Balaban J connectivity index is 1.78. The molecular formula is C17H20BrN7O3. The van der Waals surface area contributed by atoms with Crippen molar-refractivity contribution in [3.05, 3.63) is 45.2 Å². The molecule has 0 unspecified atom stereocenters. The highest BCUT2D eigenvalue weighted by Gasteiger charge is 2.18. The zero-order valence-corrected chi connectivity index (χ0v) is 17.5. The minimum atomic E-state index is -1.14. The van der Waals surface area contributed by atoms with Gasteiger partial charge < -0.3 is 10.4 Å². The molecule has 28 heavy (non-hydrogen) atoms. The van der Waals surface area contributed by atoms with Gasteiger partial charge in [0.2, 0.25) is 5.91 Å². The van der Waals surface area contributed by atoms with Gasteiger partial charge in [0.05, 0.1) is 32.9 Å². The number of hydrogen-bond donors (Lipinski definition) is 2. The van der Waals surface area contributed by atoms with Crippen molar-refractivity contribution in [1.82, 2.24) is 29.3 Å². The van der Waals surface area contributed by atoms with Crippen LogP contribution >= 0.6 is 15.9 Å². The molecule has 1 amide bonds. The zero-order chi connectivity index (χ0) is 20.6. The van der Waals surface area contributed by atoms with Crippen molar-refractivity contribution in [3.8, 4) is 0 Å². The first-order chi connectivity index (χ1) is 13.2. The van der Waals surface area contributed by atoms with Crippen molar-refractivity contribution < 1.29 is 14.7 Å². The van der Waals surface area contributed by atoms with Crippen molar-refractivity contribution in [3.63, 3.8) is 0 Å². The van der Waals surface area contributed by atoms with Crippen LogP contribution in [0.1, 0.15) is 33.3 Å². The van der Waals surface area contributed by atoms with E-state index in [1.807, 2.05) is 25.5 Å². The van der Waals surface area contributed by atoms with Crippen molar-refractivity contribution in [2.75, 3.05) is 5.32 Å². The van der Waals surface area contributed by atoms with Crippen LogP contribution in [-0.4, -0.2) is 46.3 Å². The molecule has 0 saturated carbocycles. The van der Waals surface area contributed by atoms with E-state index < -0.39 is 5.97 Å². The lowest BCUT2D eigenvalue weighted by atomic mass is 10.3. The minimum Gasteiger partial charge on any atom is -0.477 e. The fraction of sp³-hybridized carbons (Fsp3) is 0.353. The van der Waals surface area contributed by atoms with Crippen molar-refractivity contribution >= 4 is 33.5 Å². The molecule has 0 atom stereocenters. The van der Waals surface area contributed by atoms with Gasteiger partial charge in [0.1, 0.15) is 18.9 Å². The Bertz CT molecular complexity index is 1060. The maximum atomic E-state index is 12.4. The van der Waals surface area contributed by atoms with Gasteiger partial charge in [0, 0.05) is 6.20 Å². The zero-order valence-electron chi connectivity index (χ0n) is 15.9. The third-order valence-electron chi connectivity index (χ3n) is 4.44. The minimum absolute atomic E-state index is 0.0469. The van der Waals surface area contributed by atoms with Gasteiger partial charge in [-0.15, -0.1) is 0 Å². The third-order valence-corrected chi connectivity index (χ3v) is 5.58. The number of carbonyl (C=O) groups is 2. The molecule has 0 fully saturated rings. The topological polar surface area (TPSA) is 120 Å². The molecular weight excluding hydrogens is 430 g/mol. The molecule has 0 radical (unpaired) electrons. The molecule has 3 heterocycles. The van der Waals surface area contributed by atoms with E-state index in [0.717, 1.165) is 26.2 Å². The van der Waals surface area contributed by atoms with Gasteiger partial charge in [-0.2, -0.15) is 15.3 Å². The van der Waals surface area contributed by atoms with Gasteiger partial charge in [-0.25, -0.2) is 18.8 Å². The van der Waals surface area contributed by atoms with E-state index >= 15 is 0 Å². The summed E-state index contributed by atoms with van der Waals surface area (Å²) in [6.07, 6.45) is 1.35. The number of carboxylic acids is 1. The molecule has 0 aromatic carbocycles. The molecule has 0 bridgehead atoms. The predicted octanol–water partition coefficient (Wildman–Crippen LogP) is 2.11. The van der Waals surface area contributed by atoms with Gasteiger partial charge in [-0.1, -0.05) is 0 Å². The summed E-state index contributed by atoms with van der Waals surface area (Å²) in [5.41, 5.74) is 3.85. The quantitative estimate of drug-likeness (QED) is 0.594. The van der Waals surface area contributed by atoms with Crippen molar-refractivity contribution in [2.24, 2.45) is 0 Å². The number of aryl methyl sites for hydroxylation is 2. The summed E-state index contributed by atoms with van der Waals surface area (Å²) >= 11 is 3.51. The maximum Gasteiger partial charge on any atom is 0.354 e. The number of rotatable bonds is 6.